The summed E-state index contributed by atoms with van der Waals surface area (Å²) >= 11 is 0. The Morgan fingerprint density at radius 2 is 1.64 bits per heavy atom. The zero-order valence-corrected chi connectivity index (χ0v) is 17.6. The van der Waals surface area contributed by atoms with Gasteiger partial charge in [0.25, 0.3) is 0 Å². The monoisotopic (exact) mass is 452 g/mol. The molecule has 2 nitrogen and oxygen atoms in total. The van der Waals surface area contributed by atoms with E-state index in [0.717, 1.165) is 43.9 Å². The van der Waals surface area contributed by atoms with Gasteiger partial charge >= 0.3 is 5.97 Å². The summed E-state index contributed by atoms with van der Waals surface area (Å²) in [6.45, 7) is 3.81. The van der Waals surface area contributed by atoms with Crippen molar-refractivity contribution in [1.82, 2.24) is 0 Å². The van der Waals surface area contributed by atoms with Crippen LogP contribution >= 0.6 is 0 Å². The van der Waals surface area contributed by atoms with Gasteiger partial charge in [-0.05, 0) is 73.4 Å². The van der Waals surface area contributed by atoms with Gasteiger partial charge in [0, 0.05) is 16.9 Å². The van der Waals surface area contributed by atoms with E-state index in [1.54, 1.807) is 0 Å². The number of carbonyl (C=O) groups is 1. The number of hydrogen-bond donors (Lipinski definition) is 0. The van der Waals surface area contributed by atoms with Gasteiger partial charge in [0.05, 0.1) is 0 Å². The Labute approximate surface area is 188 Å². The highest BCUT2D eigenvalue weighted by Crippen LogP contribution is 2.29. The molecule has 0 N–H and O–H groups in total. The summed E-state index contributed by atoms with van der Waals surface area (Å²) in [4.78, 5) is 12.4. The number of hydrogen-bond acceptors (Lipinski definition) is 2. The molecule has 6 heteroatoms. The minimum atomic E-state index is -1.24. The van der Waals surface area contributed by atoms with Crippen LogP contribution in [0.15, 0.2) is 55.1 Å². The van der Waals surface area contributed by atoms with E-state index in [1.165, 1.54) is 24.3 Å². The summed E-state index contributed by atoms with van der Waals surface area (Å²) < 4.78 is 61.4. The highest BCUT2D eigenvalue weighted by atomic mass is 19.2. The minimum absolute atomic E-state index is 0.00642. The first-order chi connectivity index (χ1) is 15.9. The van der Waals surface area contributed by atoms with E-state index in [9.17, 15) is 22.4 Å². The molecule has 1 saturated carbocycles. The van der Waals surface area contributed by atoms with Gasteiger partial charge in [-0.25, -0.2) is 22.4 Å². The van der Waals surface area contributed by atoms with Crippen LogP contribution in [0.5, 0.6) is 5.75 Å². The Morgan fingerprint density at radius 1 is 0.939 bits per heavy atom. The van der Waals surface area contributed by atoms with Gasteiger partial charge in [-0.1, -0.05) is 24.0 Å². The quantitative estimate of drug-likeness (QED) is 0.141. The molecule has 0 aromatic heterocycles. The molecule has 0 amide bonds. The Bertz CT molecular complexity index is 1270. The molecule has 1 aliphatic carbocycles. The van der Waals surface area contributed by atoms with Crippen LogP contribution in [0.1, 0.15) is 41.6 Å². The van der Waals surface area contributed by atoms with Crippen LogP contribution in [0.4, 0.5) is 17.6 Å². The summed E-state index contributed by atoms with van der Waals surface area (Å²) in [5.41, 5.74) is -0.715. The zero-order valence-electron chi connectivity index (χ0n) is 17.6. The molecule has 0 aliphatic heterocycles. The van der Waals surface area contributed by atoms with E-state index < -0.39 is 34.8 Å². The molecule has 0 spiro atoms. The van der Waals surface area contributed by atoms with Gasteiger partial charge in [0.15, 0.2) is 11.6 Å². The van der Waals surface area contributed by atoms with Crippen LogP contribution in [0.25, 0.3) is 10.8 Å². The second-order valence-electron chi connectivity index (χ2n) is 8.07. The molecule has 0 heterocycles. The zero-order chi connectivity index (χ0) is 23.5. The lowest BCUT2D eigenvalue weighted by Crippen LogP contribution is -2.13. The van der Waals surface area contributed by atoms with Crippen molar-refractivity contribution in [3.63, 3.8) is 0 Å². The van der Waals surface area contributed by atoms with Crippen molar-refractivity contribution in [2.24, 2.45) is 11.8 Å². The van der Waals surface area contributed by atoms with Gasteiger partial charge < -0.3 is 4.74 Å². The summed E-state index contributed by atoms with van der Waals surface area (Å²) in [6, 6.07) is 7.98. The van der Waals surface area contributed by atoms with E-state index in [2.05, 4.69) is 18.4 Å². The van der Waals surface area contributed by atoms with Gasteiger partial charge in [-0.15, -0.1) is 6.58 Å². The molecule has 3 aromatic carbocycles. The molecule has 0 atom stereocenters. The van der Waals surface area contributed by atoms with Gasteiger partial charge in [0.2, 0.25) is 0 Å². The van der Waals surface area contributed by atoms with E-state index in [4.69, 9.17) is 4.74 Å². The smallest absolute Gasteiger partial charge is 0.349 e. The fraction of sp³-hybridized carbons (Fsp3) is 0.222. The predicted molar refractivity (Wildman–Crippen MR) is 118 cm³/mol. The van der Waals surface area contributed by atoms with Gasteiger partial charge in [-0.2, -0.15) is 0 Å². The van der Waals surface area contributed by atoms with Crippen molar-refractivity contribution in [2.45, 2.75) is 25.7 Å². The van der Waals surface area contributed by atoms with Crippen molar-refractivity contribution in [3.8, 4) is 17.6 Å². The number of benzene rings is 3. The average Bonchev–Trinajstić information content (AvgIpc) is 2.80. The third-order valence-corrected chi connectivity index (χ3v) is 5.86. The van der Waals surface area contributed by atoms with Crippen LogP contribution in [-0.4, -0.2) is 5.97 Å². The van der Waals surface area contributed by atoms with Crippen LogP contribution in [0.3, 0.4) is 0 Å². The molecular formula is C27H20F4O2. The number of allylic oxidation sites excluding steroid dienone is 1. The molecule has 33 heavy (non-hydrogen) atoms. The second kappa shape index (κ2) is 9.50. The van der Waals surface area contributed by atoms with E-state index >= 15 is 0 Å². The second-order valence-corrected chi connectivity index (χ2v) is 8.07. The summed E-state index contributed by atoms with van der Waals surface area (Å²) in [5.74, 6) is 0.984. The van der Waals surface area contributed by atoms with Crippen molar-refractivity contribution in [1.29, 1.82) is 0 Å². The first kappa shape index (κ1) is 22.6. The summed E-state index contributed by atoms with van der Waals surface area (Å²) in [7, 11) is 0. The highest BCUT2D eigenvalue weighted by Gasteiger charge is 2.22. The molecule has 0 saturated heterocycles. The molecule has 0 radical (unpaired) electrons. The first-order valence-corrected chi connectivity index (χ1v) is 10.6. The standard InChI is InChI=1S/C27H20F4O2/c1-2-16-3-5-17(6-4-16)7-8-18-13-23(29)25(24(30)14-18)27(32)33-20-10-11-21-19(15-20)9-12-22(28)26(21)31/h2,9-17H,1,3-6H2. The van der Waals surface area contributed by atoms with E-state index in [0.29, 0.717) is 5.92 Å². The minimum Gasteiger partial charge on any atom is -0.423 e. The maximum atomic E-state index is 14.6. The lowest BCUT2D eigenvalue weighted by molar-refractivity contribution is 0.0725. The Hall–Kier alpha value is -3.59. The van der Waals surface area contributed by atoms with Gasteiger partial charge in [0.1, 0.15) is 22.9 Å². The fourth-order valence-electron chi connectivity index (χ4n) is 3.99. The van der Waals surface area contributed by atoms with Crippen LogP contribution in [0.2, 0.25) is 0 Å². The highest BCUT2D eigenvalue weighted by molar-refractivity contribution is 5.93. The number of rotatable bonds is 3. The summed E-state index contributed by atoms with van der Waals surface area (Å²) in [5, 5.41) is 0.265. The molecule has 1 fully saturated rings. The lowest BCUT2D eigenvalue weighted by atomic mass is 9.82. The van der Waals surface area contributed by atoms with E-state index in [1.807, 2.05) is 6.08 Å². The number of carbonyl (C=O) groups excluding carboxylic acids is 1. The third kappa shape index (κ3) is 4.93. The van der Waals surface area contributed by atoms with Crippen LogP contribution in [0, 0.1) is 46.9 Å². The maximum Gasteiger partial charge on any atom is 0.349 e. The number of fused-ring (bicyclic) bond motifs is 1. The van der Waals surface area contributed by atoms with Crippen molar-refractivity contribution in [3.05, 3.63) is 89.5 Å². The van der Waals surface area contributed by atoms with E-state index in [-0.39, 0.29) is 28.0 Å². The number of esters is 1. The van der Waals surface area contributed by atoms with Crippen molar-refractivity contribution in [2.75, 3.05) is 0 Å². The molecule has 3 aromatic rings. The fourth-order valence-corrected chi connectivity index (χ4v) is 3.99. The molecule has 0 unspecified atom stereocenters. The van der Waals surface area contributed by atoms with Gasteiger partial charge in [-0.3, -0.25) is 0 Å². The summed E-state index contributed by atoms with van der Waals surface area (Å²) in [6.07, 6.45) is 5.74. The Kier molecular flexibility index (Phi) is 6.50. The number of ether oxygens (including phenoxy) is 1. The van der Waals surface area contributed by atoms with Crippen molar-refractivity contribution >= 4 is 16.7 Å². The average molecular weight is 452 g/mol. The van der Waals surface area contributed by atoms with Crippen LogP contribution < -0.4 is 4.74 Å². The molecule has 1 aliphatic rings. The lowest BCUT2D eigenvalue weighted by Gasteiger charge is -2.22. The first-order valence-electron chi connectivity index (χ1n) is 10.6. The van der Waals surface area contributed by atoms with Crippen molar-refractivity contribution < 1.29 is 27.1 Å². The Morgan fingerprint density at radius 3 is 2.30 bits per heavy atom. The molecule has 168 valence electrons. The maximum absolute atomic E-state index is 14.6. The molecular weight excluding hydrogens is 432 g/mol. The predicted octanol–water partition coefficient (Wildman–Crippen LogP) is 6.96. The molecule has 4 rings (SSSR count). The topological polar surface area (TPSA) is 26.3 Å². The van der Waals surface area contributed by atoms with Crippen LogP contribution in [-0.2, 0) is 0 Å². The Balaban J connectivity index is 1.51. The molecule has 0 bridgehead atoms. The normalized spacial score (nSPS) is 17.8. The SMILES string of the molecule is C=CC1CCC(C#Cc2cc(F)c(C(=O)Oc3ccc4c(F)c(F)ccc4c3)c(F)c2)CC1. The largest absolute Gasteiger partial charge is 0.423 e. The number of halogens is 4. The third-order valence-electron chi connectivity index (χ3n) is 5.86.